The van der Waals surface area contributed by atoms with E-state index in [1.54, 1.807) is 0 Å². The zero-order chi connectivity index (χ0) is 12.3. The van der Waals surface area contributed by atoms with E-state index in [0.717, 1.165) is 0 Å². The maximum atomic E-state index is 7.15. The standard InChI is InChI=1S/C12H21N3/c1-11(2,3)9(13-7)15-10(14-8)12(4,5)6/h9-10,15H,1-6H3. The highest BCUT2D eigenvalue weighted by molar-refractivity contribution is 4.96. The van der Waals surface area contributed by atoms with Crippen molar-refractivity contribution in [3.63, 3.8) is 0 Å². The number of hydrogen-bond donors (Lipinski definition) is 1. The van der Waals surface area contributed by atoms with Gasteiger partial charge in [0.1, 0.15) is 0 Å². The molecule has 2 atom stereocenters. The average molecular weight is 207 g/mol. The first-order valence-corrected chi connectivity index (χ1v) is 5.12. The van der Waals surface area contributed by atoms with E-state index in [9.17, 15) is 0 Å². The molecule has 84 valence electrons. The molecule has 0 saturated heterocycles. The lowest BCUT2D eigenvalue weighted by molar-refractivity contribution is 0.234. The van der Waals surface area contributed by atoms with Crippen LogP contribution >= 0.6 is 0 Å². The lowest BCUT2D eigenvalue weighted by atomic mass is 9.88. The van der Waals surface area contributed by atoms with Gasteiger partial charge in [0.25, 0.3) is 12.3 Å². The molecule has 0 aromatic heterocycles. The number of rotatable bonds is 2. The average Bonchev–Trinajstić information content (AvgIpc) is 2.01. The molecular weight excluding hydrogens is 186 g/mol. The summed E-state index contributed by atoms with van der Waals surface area (Å²) in [6, 6.07) is 0. The lowest BCUT2D eigenvalue weighted by Crippen LogP contribution is -2.47. The van der Waals surface area contributed by atoms with Crippen LogP contribution in [0.2, 0.25) is 0 Å². The Bertz CT molecular complexity index is 250. The minimum Gasteiger partial charge on any atom is -0.295 e. The van der Waals surface area contributed by atoms with Crippen molar-refractivity contribution in [3.05, 3.63) is 22.8 Å². The number of nitrogens with one attached hydrogen (secondary N) is 1. The summed E-state index contributed by atoms with van der Waals surface area (Å²) in [7, 11) is 0. The molecule has 0 bridgehead atoms. The van der Waals surface area contributed by atoms with Crippen LogP contribution in [0.3, 0.4) is 0 Å². The lowest BCUT2D eigenvalue weighted by Gasteiger charge is -2.26. The van der Waals surface area contributed by atoms with Crippen molar-refractivity contribution in [2.45, 2.75) is 53.9 Å². The molecule has 0 heterocycles. The zero-order valence-electron chi connectivity index (χ0n) is 10.5. The molecule has 0 amide bonds. The van der Waals surface area contributed by atoms with Crippen LogP contribution in [0.25, 0.3) is 9.69 Å². The molecule has 0 fully saturated rings. The summed E-state index contributed by atoms with van der Waals surface area (Å²) in [5.41, 5.74) is -0.286. The molecular formula is C12H21N3. The van der Waals surface area contributed by atoms with Gasteiger partial charge >= 0.3 is 0 Å². The molecule has 0 saturated carbocycles. The second-order valence-corrected chi connectivity index (χ2v) is 5.96. The molecule has 0 rings (SSSR count). The fraction of sp³-hybridized carbons (Fsp3) is 0.833. The van der Waals surface area contributed by atoms with Crippen molar-refractivity contribution in [2.75, 3.05) is 0 Å². The Morgan fingerprint density at radius 3 is 1.20 bits per heavy atom. The monoisotopic (exact) mass is 207 g/mol. The molecule has 2 unspecified atom stereocenters. The molecule has 0 spiro atoms. The van der Waals surface area contributed by atoms with Crippen molar-refractivity contribution in [1.29, 1.82) is 0 Å². The van der Waals surface area contributed by atoms with Gasteiger partial charge in [-0.25, -0.2) is 13.1 Å². The zero-order valence-corrected chi connectivity index (χ0v) is 10.5. The Labute approximate surface area is 93.5 Å². The van der Waals surface area contributed by atoms with Gasteiger partial charge in [-0.05, 0) is 0 Å². The van der Waals surface area contributed by atoms with Gasteiger partial charge in [-0.1, -0.05) is 41.5 Å². The maximum Gasteiger partial charge on any atom is 0.287 e. The Morgan fingerprint density at radius 1 is 0.800 bits per heavy atom. The Balaban J connectivity index is 4.72. The van der Waals surface area contributed by atoms with E-state index in [4.69, 9.17) is 13.1 Å². The van der Waals surface area contributed by atoms with E-state index in [1.807, 2.05) is 41.5 Å². The van der Waals surface area contributed by atoms with Crippen LogP contribution in [0, 0.1) is 24.0 Å². The fourth-order valence-electron chi connectivity index (χ4n) is 1.11. The SMILES string of the molecule is [C-]#[N+]C(NC([N+]#[C-])C(C)(C)C)C(C)(C)C. The quantitative estimate of drug-likeness (QED) is 0.690. The van der Waals surface area contributed by atoms with Crippen molar-refractivity contribution in [3.8, 4) is 0 Å². The minimum atomic E-state index is -0.309. The van der Waals surface area contributed by atoms with Gasteiger partial charge in [0, 0.05) is 0 Å². The van der Waals surface area contributed by atoms with Crippen molar-refractivity contribution < 1.29 is 0 Å². The van der Waals surface area contributed by atoms with Crippen LogP contribution in [0.4, 0.5) is 0 Å². The molecule has 1 N–H and O–H groups in total. The summed E-state index contributed by atoms with van der Waals surface area (Å²) < 4.78 is 0. The minimum absolute atomic E-state index is 0.143. The predicted octanol–water partition coefficient (Wildman–Crippen LogP) is 3.16. The van der Waals surface area contributed by atoms with Crippen LogP contribution < -0.4 is 5.32 Å². The first-order valence-electron chi connectivity index (χ1n) is 5.12. The summed E-state index contributed by atoms with van der Waals surface area (Å²) >= 11 is 0. The first kappa shape index (κ1) is 13.9. The fourth-order valence-corrected chi connectivity index (χ4v) is 1.11. The largest absolute Gasteiger partial charge is 0.295 e. The van der Waals surface area contributed by atoms with E-state index in [2.05, 4.69) is 15.0 Å². The summed E-state index contributed by atoms with van der Waals surface area (Å²) in [5, 5.41) is 3.12. The Morgan fingerprint density at radius 2 is 1.07 bits per heavy atom. The van der Waals surface area contributed by atoms with Crippen molar-refractivity contribution in [1.82, 2.24) is 5.32 Å². The third-order valence-corrected chi connectivity index (χ3v) is 2.21. The highest BCUT2D eigenvalue weighted by atomic mass is 15.2. The van der Waals surface area contributed by atoms with Gasteiger partial charge in [0.2, 0.25) is 0 Å². The molecule has 0 aliphatic heterocycles. The van der Waals surface area contributed by atoms with Crippen LogP contribution in [0.1, 0.15) is 41.5 Å². The van der Waals surface area contributed by atoms with Gasteiger partial charge in [-0.15, -0.1) is 0 Å². The van der Waals surface area contributed by atoms with Gasteiger partial charge in [0.15, 0.2) is 0 Å². The summed E-state index contributed by atoms with van der Waals surface area (Å²) in [6.45, 7) is 26.3. The smallest absolute Gasteiger partial charge is 0.287 e. The van der Waals surface area contributed by atoms with E-state index in [1.165, 1.54) is 0 Å². The van der Waals surface area contributed by atoms with Crippen LogP contribution in [-0.4, -0.2) is 12.3 Å². The van der Waals surface area contributed by atoms with Gasteiger partial charge in [0.05, 0.1) is 10.8 Å². The molecule has 3 nitrogen and oxygen atoms in total. The van der Waals surface area contributed by atoms with E-state index in [0.29, 0.717) is 0 Å². The topological polar surface area (TPSA) is 20.8 Å². The van der Waals surface area contributed by atoms with Gasteiger partial charge in [-0.2, -0.15) is 5.32 Å². The molecule has 0 aliphatic carbocycles. The van der Waals surface area contributed by atoms with Crippen LogP contribution in [0.5, 0.6) is 0 Å². The molecule has 0 aromatic carbocycles. The summed E-state index contributed by atoms with van der Waals surface area (Å²) in [4.78, 5) is 7.11. The maximum absolute atomic E-state index is 7.15. The molecule has 15 heavy (non-hydrogen) atoms. The molecule has 0 aliphatic rings. The third kappa shape index (κ3) is 4.32. The van der Waals surface area contributed by atoms with E-state index in [-0.39, 0.29) is 23.2 Å². The Hall–Kier alpha value is -1.06. The molecule has 0 radical (unpaired) electrons. The van der Waals surface area contributed by atoms with Crippen molar-refractivity contribution in [2.24, 2.45) is 10.8 Å². The van der Waals surface area contributed by atoms with Gasteiger partial charge < -0.3 is 0 Å². The van der Waals surface area contributed by atoms with Crippen LogP contribution in [0.15, 0.2) is 0 Å². The van der Waals surface area contributed by atoms with Crippen LogP contribution in [-0.2, 0) is 0 Å². The Kier molecular flexibility index (Phi) is 4.31. The number of hydrogen-bond acceptors (Lipinski definition) is 1. The molecule has 3 heteroatoms. The molecule has 0 aromatic rings. The highest BCUT2D eigenvalue weighted by Gasteiger charge is 2.39. The van der Waals surface area contributed by atoms with E-state index >= 15 is 0 Å². The second kappa shape index (κ2) is 4.64. The second-order valence-electron chi connectivity index (χ2n) is 5.96. The van der Waals surface area contributed by atoms with E-state index < -0.39 is 0 Å². The predicted molar refractivity (Wildman–Crippen MR) is 62.8 cm³/mol. The van der Waals surface area contributed by atoms with Gasteiger partial charge in [-0.3, -0.25) is 9.69 Å². The third-order valence-electron chi connectivity index (χ3n) is 2.21. The highest BCUT2D eigenvalue weighted by Crippen LogP contribution is 2.26. The first-order chi connectivity index (χ1) is 6.62. The normalized spacial score (nSPS) is 16.3. The summed E-state index contributed by atoms with van der Waals surface area (Å²) in [6.07, 6.45) is -0.619. The van der Waals surface area contributed by atoms with Crippen molar-refractivity contribution >= 4 is 0 Å². The number of nitrogens with zero attached hydrogens (tertiary/aromatic N) is 2. The summed E-state index contributed by atoms with van der Waals surface area (Å²) in [5.74, 6) is 0.